The lowest BCUT2D eigenvalue weighted by molar-refractivity contribution is -0.130. The molecule has 24 heavy (non-hydrogen) atoms. The summed E-state index contributed by atoms with van der Waals surface area (Å²) >= 11 is 1.50. The Bertz CT molecular complexity index is 693. The van der Waals surface area contributed by atoms with Crippen LogP contribution < -0.4 is 0 Å². The molecule has 130 valence electrons. The van der Waals surface area contributed by atoms with Crippen LogP contribution in [-0.2, 0) is 11.8 Å². The third-order valence-electron chi connectivity index (χ3n) is 4.46. The molecule has 0 atom stereocenters. The van der Waals surface area contributed by atoms with E-state index in [1.165, 1.54) is 24.6 Å². The molecule has 0 aromatic carbocycles. The summed E-state index contributed by atoms with van der Waals surface area (Å²) in [5.41, 5.74) is 1.73. The van der Waals surface area contributed by atoms with Crippen molar-refractivity contribution in [1.29, 1.82) is 0 Å². The van der Waals surface area contributed by atoms with Crippen LogP contribution in [0.4, 0.5) is 0 Å². The number of pyridine rings is 1. The van der Waals surface area contributed by atoms with Crippen molar-refractivity contribution in [2.75, 3.05) is 38.5 Å². The predicted molar refractivity (Wildman–Crippen MR) is 97.2 cm³/mol. The zero-order valence-corrected chi connectivity index (χ0v) is 15.3. The minimum atomic E-state index is 0.204. The fourth-order valence-electron chi connectivity index (χ4n) is 2.95. The van der Waals surface area contributed by atoms with Gasteiger partial charge in [0.05, 0.1) is 5.75 Å². The average molecular weight is 347 g/mol. The Morgan fingerprint density at radius 1 is 1.29 bits per heavy atom. The Kier molecular flexibility index (Phi) is 5.73. The number of unbranched alkanes of at least 4 members (excludes halogenated alkanes) is 1. The summed E-state index contributed by atoms with van der Waals surface area (Å²) in [5.74, 6) is 0.640. The zero-order valence-electron chi connectivity index (χ0n) is 14.4. The van der Waals surface area contributed by atoms with Gasteiger partial charge >= 0.3 is 0 Å². The van der Waals surface area contributed by atoms with E-state index in [4.69, 9.17) is 0 Å². The Morgan fingerprint density at radius 3 is 2.79 bits per heavy atom. The fraction of sp³-hybridized carbons (Fsp3) is 0.588. The molecule has 2 aromatic heterocycles. The maximum absolute atomic E-state index is 12.5. The van der Waals surface area contributed by atoms with E-state index in [9.17, 15) is 4.79 Å². The minimum absolute atomic E-state index is 0.204. The molecule has 0 spiro atoms. The monoisotopic (exact) mass is 347 g/mol. The molecule has 2 aromatic rings. The topological polar surface area (TPSA) is 54.3 Å². The van der Waals surface area contributed by atoms with Gasteiger partial charge in [-0.05, 0) is 25.1 Å². The van der Waals surface area contributed by atoms with Crippen molar-refractivity contribution >= 4 is 28.8 Å². The predicted octanol–water partition coefficient (Wildman–Crippen LogP) is 2.00. The lowest BCUT2D eigenvalue weighted by atomic mass is 10.2. The van der Waals surface area contributed by atoms with Gasteiger partial charge < -0.3 is 9.47 Å². The van der Waals surface area contributed by atoms with Crippen molar-refractivity contribution in [1.82, 2.24) is 24.3 Å². The largest absolute Gasteiger partial charge is 0.339 e. The van der Waals surface area contributed by atoms with Crippen LogP contribution in [0.2, 0.25) is 0 Å². The number of carbonyl (C=O) groups is 1. The first-order chi connectivity index (χ1) is 11.7. The van der Waals surface area contributed by atoms with Gasteiger partial charge in [0.25, 0.3) is 0 Å². The molecular weight excluding hydrogens is 322 g/mol. The van der Waals surface area contributed by atoms with Gasteiger partial charge in [-0.1, -0.05) is 25.1 Å². The van der Waals surface area contributed by atoms with Gasteiger partial charge in [-0.15, -0.1) is 0 Å². The van der Waals surface area contributed by atoms with Crippen LogP contribution in [0.3, 0.4) is 0 Å². The number of thioether (sulfide) groups is 1. The zero-order chi connectivity index (χ0) is 16.9. The molecule has 1 fully saturated rings. The third kappa shape index (κ3) is 3.89. The molecule has 0 N–H and O–H groups in total. The first-order valence-corrected chi connectivity index (χ1v) is 9.58. The van der Waals surface area contributed by atoms with E-state index in [1.807, 2.05) is 28.6 Å². The van der Waals surface area contributed by atoms with Crippen molar-refractivity contribution in [3.63, 3.8) is 0 Å². The Balaban J connectivity index is 1.51. The third-order valence-corrected chi connectivity index (χ3v) is 5.48. The van der Waals surface area contributed by atoms with Crippen LogP contribution in [0.25, 0.3) is 11.2 Å². The molecule has 6 nitrogen and oxygen atoms in total. The molecule has 1 amide bonds. The Labute approximate surface area is 147 Å². The van der Waals surface area contributed by atoms with Gasteiger partial charge in [-0.25, -0.2) is 9.97 Å². The Hall–Kier alpha value is -1.60. The maximum Gasteiger partial charge on any atom is 0.233 e. The average Bonchev–Trinajstić information content (AvgIpc) is 2.94. The molecule has 0 radical (unpaired) electrons. The summed E-state index contributed by atoms with van der Waals surface area (Å²) in [6.07, 6.45) is 4.23. The molecule has 0 unspecified atom stereocenters. The summed E-state index contributed by atoms with van der Waals surface area (Å²) in [5, 5.41) is 0.846. The number of carbonyl (C=O) groups excluding carboxylic acids is 1. The van der Waals surface area contributed by atoms with E-state index in [1.54, 1.807) is 6.20 Å². The maximum atomic E-state index is 12.5. The highest BCUT2D eigenvalue weighted by molar-refractivity contribution is 7.99. The lowest BCUT2D eigenvalue weighted by Gasteiger charge is -2.34. The molecular formula is C17H25N5OS. The van der Waals surface area contributed by atoms with Crippen molar-refractivity contribution in [2.45, 2.75) is 24.9 Å². The Morgan fingerprint density at radius 2 is 2.08 bits per heavy atom. The van der Waals surface area contributed by atoms with Gasteiger partial charge in [-0.3, -0.25) is 9.69 Å². The molecule has 7 heteroatoms. The molecule has 3 heterocycles. The highest BCUT2D eigenvalue weighted by atomic mass is 32.2. The van der Waals surface area contributed by atoms with E-state index in [0.29, 0.717) is 5.75 Å². The highest BCUT2D eigenvalue weighted by Gasteiger charge is 2.21. The quantitative estimate of drug-likeness (QED) is 0.748. The summed E-state index contributed by atoms with van der Waals surface area (Å²) in [6.45, 7) is 7.04. The number of aryl methyl sites for hydroxylation is 1. The minimum Gasteiger partial charge on any atom is -0.339 e. The number of amides is 1. The molecule has 3 rings (SSSR count). The number of aromatic nitrogens is 3. The van der Waals surface area contributed by atoms with Gasteiger partial charge in [-0.2, -0.15) is 0 Å². The number of piperazine rings is 1. The van der Waals surface area contributed by atoms with Crippen molar-refractivity contribution < 1.29 is 4.79 Å². The molecule has 0 saturated carbocycles. The van der Waals surface area contributed by atoms with Crippen LogP contribution in [0.15, 0.2) is 23.5 Å². The second kappa shape index (κ2) is 7.98. The number of hydrogen-bond donors (Lipinski definition) is 0. The molecule has 0 aliphatic carbocycles. The normalized spacial score (nSPS) is 16.0. The van der Waals surface area contributed by atoms with E-state index in [2.05, 4.69) is 21.8 Å². The number of imidazole rings is 1. The van der Waals surface area contributed by atoms with Crippen LogP contribution in [-0.4, -0.2) is 68.7 Å². The fourth-order valence-corrected chi connectivity index (χ4v) is 3.83. The smallest absolute Gasteiger partial charge is 0.233 e. The first-order valence-electron chi connectivity index (χ1n) is 8.59. The van der Waals surface area contributed by atoms with Crippen molar-refractivity contribution in [2.24, 2.45) is 7.05 Å². The highest BCUT2D eigenvalue weighted by Crippen LogP contribution is 2.21. The van der Waals surface area contributed by atoms with Crippen LogP contribution in [0.5, 0.6) is 0 Å². The molecule has 1 aliphatic heterocycles. The summed E-state index contributed by atoms with van der Waals surface area (Å²) < 4.78 is 1.95. The standard InChI is InChI=1S/C17H25N5OS/c1-3-4-8-21-9-11-22(12-10-21)15(23)13-24-17-19-14-6-5-7-18-16(14)20(17)2/h5-7H,3-4,8-13H2,1-2H3. The van der Waals surface area contributed by atoms with Gasteiger partial charge in [0.2, 0.25) is 5.91 Å². The van der Waals surface area contributed by atoms with Gasteiger partial charge in [0.15, 0.2) is 10.8 Å². The van der Waals surface area contributed by atoms with E-state index in [0.717, 1.165) is 49.0 Å². The lowest BCUT2D eigenvalue weighted by Crippen LogP contribution is -2.49. The SMILES string of the molecule is CCCCN1CCN(C(=O)CSc2nc3cccnc3n2C)CC1. The summed E-state index contributed by atoms with van der Waals surface area (Å²) in [4.78, 5) is 25.8. The summed E-state index contributed by atoms with van der Waals surface area (Å²) in [6, 6.07) is 3.83. The van der Waals surface area contributed by atoms with E-state index < -0.39 is 0 Å². The number of nitrogens with zero attached hydrogens (tertiary/aromatic N) is 5. The number of hydrogen-bond acceptors (Lipinski definition) is 5. The molecule has 1 aliphatic rings. The first kappa shape index (κ1) is 17.2. The van der Waals surface area contributed by atoms with Crippen LogP contribution in [0, 0.1) is 0 Å². The van der Waals surface area contributed by atoms with E-state index >= 15 is 0 Å². The number of fused-ring (bicyclic) bond motifs is 1. The molecule has 1 saturated heterocycles. The van der Waals surface area contributed by atoms with Crippen LogP contribution >= 0.6 is 11.8 Å². The summed E-state index contributed by atoms with van der Waals surface area (Å²) in [7, 11) is 1.95. The van der Waals surface area contributed by atoms with Crippen molar-refractivity contribution in [3.05, 3.63) is 18.3 Å². The second-order valence-corrected chi connectivity index (χ2v) is 7.11. The number of rotatable bonds is 6. The van der Waals surface area contributed by atoms with E-state index in [-0.39, 0.29) is 5.91 Å². The second-order valence-electron chi connectivity index (χ2n) is 6.16. The van der Waals surface area contributed by atoms with Crippen molar-refractivity contribution in [3.8, 4) is 0 Å². The van der Waals surface area contributed by atoms with Crippen LogP contribution in [0.1, 0.15) is 19.8 Å². The van der Waals surface area contributed by atoms with Gasteiger partial charge in [0, 0.05) is 39.4 Å². The molecule has 0 bridgehead atoms. The van der Waals surface area contributed by atoms with Gasteiger partial charge in [0.1, 0.15) is 5.52 Å².